The second-order valence-corrected chi connectivity index (χ2v) is 5.61. The van der Waals surface area contributed by atoms with Crippen LogP contribution in [-0.2, 0) is 4.74 Å². The lowest BCUT2D eigenvalue weighted by molar-refractivity contribution is -0.123. The highest BCUT2D eigenvalue weighted by molar-refractivity contribution is 4.95. The molecule has 0 spiro atoms. The van der Waals surface area contributed by atoms with Gasteiger partial charge in [0.15, 0.2) is 0 Å². The van der Waals surface area contributed by atoms with Crippen molar-refractivity contribution in [2.45, 2.75) is 45.6 Å². The first-order valence-corrected chi connectivity index (χ1v) is 5.91. The minimum absolute atomic E-state index is 0.0812. The molecule has 1 saturated carbocycles. The monoisotopic (exact) mass is 215 g/mol. The summed E-state index contributed by atoms with van der Waals surface area (Å²) in [6.45, 7) is 7.86. The molecule has 15 heavy (non-hydrogen) atoms. The molecular weight excluding hydrogens is 190 g/mol. The van der Waals surface area contributed by atoms with E-state index in [1.54, 1.807) is 0 Å². The van der Waals surface area contributed by atoms with Crippen LogP contribution in [0.5, 0.6) is 0 Å². The minimum Gasteiger partial charge on any atom is -0.394 e. The molecule has 0 saturated heterocycles. The van der Waals surface area contributed by atoms with Crippen LogP contribution in [0.15, 0.2) is 0 Å². The Morgan fingerprint density at radius 1 is 1.40 bits per heavy atom. The zero-order chi connectivity index (χ0) is 11.5. The summed E-state index contributed by atoms with van der Waals surface area (Å²) in [5.41, 5.74) is 6.06. The largest absolute Gasteiger partial charge is 0.394 e. The van der Waals surface area contributed by atoms with E-state index in [-0.39, 0.29) is 12.2 Å². The van der Waals surface area contributed by atoms with Crippen molar-refractivity contribution in [2.75, 3.05) is 19.8 Å². The number of hydrogen-bond donors (Lipinski definition) is 2. The Kier molecular flexibility index (Phi) is 4.15. The van der Waals surface area contributed by atoms with E-state index in [2.05, 4.69) is 20.8 Å². The molecular formula is C12H25NO2. The second-order valence-electron chi connectivity index (χ2n) is 5.61. The Morgan fingerprint density at radius 2 is 2.07 bits per heavy atom. The summed E-state index contributed by atoms with van der Waals surface area (Å²) in [6.07, 6.45) is 3.31. The predicted molar refractivity (Wildman–Crippen MR) is 61.6 cm³/mol. The first-order valence-electron chi connectivity index (χ1n) is 5.91. The number of rotatable bonds is 4. The maximum absolute atomic E-state index is 8.83. The number of aliphatic hydroxyl groups is 1. The molecule has 0 bridgehead atoms. The van der Waals surface area contributed by atoms with Gasteiger partial charge >= 0.3 is 0 Å². The summed E-state index contributed by atoms with van der Waals surface area (Å²) < 4.78 is 5.80. The van der Waals surface area contributed by atoms with Crippen LogP contribution in [0.1, 0.15) is 40.0 Å². The molecule has 2 unspecified atom stereocenters. The van der Waals surface area contributed by atoms with Crippen molar-refractivity contribution < 1.29 is 9.84 Å². The van der Waals surface area contributed by atoms with E-state index in [1.165, 1.54) is 0 Å². The molecule has 2 atom stereocenters. The van der Waals surface area contributed by atoms with Crippen molar-refractivity contribution in [3.05, 3.63) is 0 Å². The highest BCUT2D eigenvalue weighted by Gasteiger charge is 2.43. The molecule has 1 aliphatic carbocycles. The molecule has 0 heterocycles. The Morgan fingerprint density at radius 3 is 2.53 bits per heavy atom. The van der Waals surface area contributed by atoms with E-state index in [9.17, 15) is 0 Å². The summed E-state index contributed by atoms with van der Waals surface area (Å²) >= 11 is 0. The van der Waals surface area contributed by atoms with Crippen LogP contribution in [-0.4, -0.2) is 30.5 Å². The molecule has 90 valence electrons. The van der Waals surface area contributed by atoms with Gasteiger partial charge in [0.1, 0.15) is 0 Å². The predicted octanol–water partition coefficient (Wildman–Crippen LogP) is 1.54. The third-order valence-corrected chi connectivity index (χ3v) is 3.81. The standard InChI is InChI=1S/C12H25NO2/c1-10-8-11(2,3)4-5-12(10,9-13)15-7-6-14/h10,14H,4-9,13H2,1-3H3. The molecule has 0 radical (unpaired) electrons. The van der Waals surface area contributed by atoms with Gasteiger partial charge in [-0.05, 0) is 30.6 Å². The highest BCUT2D eigenvalue weighted by atomic mass is 16.5. The van der Waals surface area contributed by atoms with Crippen LogP contribution in [0.2, 0.25) is 0 Å². The van der Waals surface area contributed by atoms with Gasteiger partial charge < -0.3 is 15.6 Å². The van der Waals surface area contributed by atoms with Crippen LogP contribution < -0.4 is 5.73 Å². The molecule has 1 rings (SSSR count). The molecule has 0 aromatic rings. The smallest absolute Gasteiger partial charge is 0.0831 e. The van der Waals surface area contributed by atoms with Crippen LogP contribution in [0.25, 0.3) is 0 Å². The Labute approximate surface area is 93.0 Å². The van der Waals surface area contributed by atoms with E-state index in [1.807, 2.05) is 0 Å². The van der Waals surface area contributed by atoms with Crippen LogP contribution >= 0.6 is 0 Å². The molecule has 0 aliphatic heterocycles. The summed E-state index contributed by atoms with van der Waals surface area (Å²) in [6, 6.07) is 0. The van der Waals surface area contributed by atoms with Crippen molar-refractivity contribution in [1.82, 2.24) is 0 Å². The molecule has 0 aromatic heterocycles. The van der Waals surface area contributed by atoms with Crippen molar-refractivity contribution in [3.8, 4) is 0 Å². The van der Waals surface area contributed by atoms with Crippen LogP contribution in [0.3, 0.4) is 0 Å². The van der Waals surface area contributed by atoms with E-state index >= 15 is 0 Å². The van der Waals surface area contributed by atoms with Gasteiger partial charge in [0.05, 0.1) is 18.8 Å². The lowest BCUT2D eigenvalue weighted by Crippen LogP contribution is -2.51. The van der Waals surface area contributed by atoms with Crippen LogP contribution in [0.4, 0.5) is 0 Å². The maximum atomic E-state index is 8.83. The first-order chi connectivity index (χ1) is 6.96. The average molecular weight is 215 g/mol. The molecule has 0 amide bonds. The minimum atomic E-state index is -0.196. The molecule has 0 aromatic carbocycles. The number of nitrogens with two attached hydrogens (primary N) is 1. The molecule has 3 nitrogen and oxygen atoms in total. The van der Waals surface area contributed by atoms with Gasteiger partial charge in [-0.1, -0.05) is 20.8 Å². The topological polar surface area (TPSA) is 55.5 Å². The average Bonchev–Trinajstić information content (AvgIpc) is 2.17. The maximum Gasteiger partial charge on any atom is 0.0831 e. The Hall–Kier alpha value is -0.120. The SMILES string of the molecule is CC1CC(C)(C)CCC1(CN)OCCO. The number of aliphatic hydroxyl groups excluding tert-OH is 1. The molecule has 1 fully saturated rings. The normalized spacial score (nSPS) is 35.4. The molecule has 1 aliphatic rings. The van der Waals surface area contributed by atoms with Crippen molar-refractivity contribution in [2.24, 2.45) is 17.1 Å². The second kappa shape index (κ2) is 4.81. The lowest BCUT2D eigenvalue weighted by Gasteiger charge is -2.47. The van der Waals surface area contributed by atoms with Crippen LogP contribution in [0, 0.1) is 11.3 Å². The van der Waals surface area contributed by atoms with E-state index in [4.69, 9.17) is 15.6 Å². The highest BCUT2D eigenvalue weighted by Crippen LogP contribution is 2.45. The summed E-state index contributed by atoms with van der Waals surface area (Å²) in [7, 11) is 0. The van der Waals surface area contributed by atoms with Gasteiger partial charge in [-0.3, -0.25) is 0 Å². The van der Waals surface area contributed by atoms with Gasteiger partial charge in [-0.15, -0.1) is 0 Å². The van der Waals surface area contributed by atoms with Gasteiger partial charge in [0.25, 0.3) is 0 Å². The fourth-order valence-electron chi connectivity index (χ4n) is 2.74. The third-order valence-electron chi connectivity index (χ3n) is 3.81. The number of hydrogen-bond acceptors (Lipinski definition) is 3. The number of ether oxygens (including phenoxy) is 1. The molecule has 3 N–H and O–H groups in total. The van der Waals surface area contributed by atoms with Gasteiger partial charge in [0.2, 0.25) is 0 Å². The van der Waals surface area contributed by atoms with Crippen molar-refractivity contribution in [1.29, 1.82) is 0 Å². The van der Waals surface area contributed by atoms with E-state index < -0.39 is 0 Å². The fourth-order valence-corrected chi connectivity index (χ4v) is 2.74. The fraction of sp³-hybridized carbons (Fsp3) is 1.00. The summed E-state index contributed by atoms with van der Waals surface area (Å²) in [5.74, 6) is 0.470. The zero-order valence-electron chi connectivity index (χ0n) is 10.3. The van der Waals surface area contributed by atoms with Crippen molar-refractivity contribution >= 4 is 0 Å². The van der Waals surface area contributed by atoms with Gasteiger partial charge in [-0.25, -0.2) is 0 Å². The van der Waals surface area contributed by atoms with E-state index in [0.717, 1.165) is 19.3 Å². The third kappa shape index (κ3) is 2.92. The Bertz CT molecular complexity index is 206. The summed E-state index contributed by atoms with van der Waals surface area (Å²) in [5, 5.41) is 8.83. The quantitative estimate of drug-likeness (QED) is 0.748. The molecule has 3 heteroatoms. The van der Waals surface area contributed by atoms with E-state index in [0.29, 0.717) is 24.5 Å². The van der Waals surface area contributed by atoms with Gasteiger partial charge in [-0.2, -0.15) is 0 Å². The zero-order valence-corrected chi connectivity index (χ0v) is 10.3. The van der Waals surface area contributed by atoms with Crippen molar-refractivity contribution in [3.63, 3.8) is 0 Å². The Balaban J connectivity index is 2.66. The van der Waals surface area contributed by atoms with Gasteiger partial charge in [0, 0.05) is 6.54 Å². The first kappa shape index (κ1) is 12.9. The summed E-state index contributed by atoms with van der Waals surface area (Å²) in [4.78, 5) is 0. The lowest BCUT2D eigenvalue weighted by atomic mass is 9.65.